The molecule has 3 aliphatic rings. The molecule has 4 N–H and O–H groups in total. The molecule has 25 heteroatoms. The Labute approximate surface area is 505 Å². The summed E-state index contributed by atoms with van der Waals surface area (Å²) in [5.41, 5.74) is -1.10. The summed E-state index contributed by atoms with van der Waals surface area (Å²) in [5, 5.41) is 73.5. The Kier molecular flexibility index (Phi) is 25.0. The molecule has 3 fully saturated rings. The number of hydrogen-bond donors (Lipinski definition) is 4. The summed E-state index contributed by atoms with van der Waals surface area (Å²) in [6.45, 7) is 17.8. The lowest BCUT2D eigenvalue weighted by molar-refractivity contribution is -0.616. The molecule has 0 spiro atoms. The van der Waals surface area contributed by atoms with Crippen LogP contribution in [0.4, 0.5) is 4.39 Å². The van der Waals surface area contributed by atoms with Crippen LogP contribution in [-0.4, -0.2) is 198 Å². The Morgan fingerprint density at radius 1 is 0.953 bits per heavy atom. The highest BCUT2D eigenvalue weighted by Crippen LogP contribution is 2.43. The van der Waals surface area contributed by atoms with Gasteiger partial charge in [0.1, 0.15) is 42.7 Å². The number of hydrogen-bond acceptors (Lipinski definition) is 22. The molecule has 0 saturated carbocycles. The predicted molar refractivity (Wildman–Crippen MR) is 310 cm³/mol. The maximum atomic E-state index is 15.1. The van der Waals surface area contributed by atoms with Crippen LogP contribution in [0.15, 0.2) is 53.9 Å². The Balaban J connectivity index is 1.28. The van der Waals surface area contributed by atoms with Crippen molar-refractivity contribution in [2.24, 2.45) is 28.8 Å². The van der Waals surface area contributed by atoms with Gasteiger partial charge in [0.2, 0.25) is 12.5 Å². The van der Waals surface area contributed by atoms with E-state index >= 15 is 4.39 Å². The van der Waals surface area contributed by atoms with Crippen molar-refractivity contribution in [3.05, 3.63) is 71.0 Å². The highest BCUT2D eigenvalue weighted by Gasteiger charge is 2.54. The van der Waals surface area contributed by atoms with E-state index in [0.717, 1.165) is 5.56 Å². The number of aromatic nitrogens is 4. The average Bonchev–Trinajstić information content (AvgIpc) is 2.63. The van der Waals surface area contributed by atoms with Gasteiger partial charge in [-0.1, -0.05) is 62.3 Å². The van der Waals surface area contributed by atoms with Crippen LogP contribution in [0.1, 0.15) is 131 Å². The zero-order chi connectivity index (χ0) is 63.6. The molecular formula is C61H95FN6O18. The number of pyridine rings is 1. The van der Waals surface area contributed by atoms with E-state index in [2.05, 4.69) is 15.5 Å². The van der Waals surface area contributed by atoms with E-state index in [1.54, 1.807) is 52.9 Å². The number of aliphatic hydroxyl groups excluding tert-OH is 3. The number of halogens is 1. The molecule has 0 amide bonds. The number of carbonyl (C=O) groups excluding carboxylic acids is 2. The highest BCUT2D eigenvalue weighted by atomic mass is 19.1. The number of cyclic esters (lactones) is 1. The number of alkyl halides is 1. The summed E-state index contributed by atoms with van der Waals surface area (Å²) in [6.07, 6.45) is -7.33. The Hall–Kier alpha value is -4.87. The van der Waals surface area contributed by atoms with Crippen molar-refractivity contribution >= 4 is 17.7 Å². The summed E-state index contributed by atoms with van der Waals surface area (Å²) in [4.78, 5) is 33.7. The van der Waals surface area contributed by atoms with Crippen LogP contribution in [0.3, 0.4) is 0 Å². The highest BCUT2D eigenvalue weighted by molar-refractivity contribution is 5.89. The van der Waals surface area contributed by atoms with Crippen molar-refractivity contribution in [1.29, 1.82) is 0 Å². The first-order valence-electron chi connectivity index (χ1n) is 29.6. The third-order valence-corrected chi connectivity index (χ3v) is 17.9. The number of likely N-dealkylation sites (N-methyl/N-ethyl adjacent to an activating group) is 1. The molecule has 0 aliphatic carbocycles. The number of aliphatic hydroxyl groups is 4. The van der Waals surface area contributed by atoms with E-state index in [-0.39, 0.29) is 38.4 Å². The monoisotopic (exact) mass is 1220 g/mol. The lowest BCUT2D eigenvalue weighted by Crippen LogP contribution is -2.61. The fraction of sp³-hybridized carbons (Fsp3) is 0.738. The van der Waals surface area contributed by atoms with Crippen molar-refractivity contribution < 1.29 is 91.3 Å². The van der Waals surface area contributed by atoms with Crippen molar-refractivity contribution in [2.45, 2.75) is 211 Å². The molecular weight excluding hydrogens is 1120 g/mol. The van der Waals surface area contributed by atoms with Crippen LogP contribution in [0.2, 0.25) is 0 Å². The van der Waals surface area contributed by atoms with Gasteiger partial charge in [0.15, 0.2) is 25.4 Å². The maximum absolute atomic E-state index is 15.1. The second-order valence-electron chi connectivity index (χ2n) is 24.3. The number of esters is 2. The van der Waals surface area contributed by atoms with E-state index in [1.807, 2.05) is 63.9 Å². The third-order valence-electron chi connectivity index (χ3n) is 17.9. The Morgan fingerprint density at radius 2 is 1.64 bits per heavy atom. The van der Waals surface area contributed by atoms with Gasteiger partial charge in [0.25, 0.3) is 0 Å². The molecule has 20 atom stereocenters. The van der Waals surface area contributed by atoms with Crippen LogP contribution < -0.4 is 4.73 Å². The molecule has 3 saturated heterocycles. The molecule has 484 valence electrons. The van der Waals surface area contributed by atoms with Gasteiger partial charge in [-0.2, -0.15) is 4.73 Å². The van der Waals surface area contributed by atoms with Gasteiger partial charge in [0.05, 0.1) is 59.0 Å². The fourth-order valence-electron chi connectivity index (χ4n) is 12.6. The van der Waals surface area contributed by atoms with Gasteiger partial charge < -0.3 is 82.7 Å². The van der Waals surface area contributed by atoms with Gasteiger partial charge in [0, 0.05) is 96.9 Å². The standard InChI is InChI=1S/C61H95FN6O18/c1-17-48-61(11,74)54(71)36(4)50(64-81-33-76-13)34(2)28-60(10,79-16)56(37(5)52(38(6)57(73)84-48)85-49-29-59(9,78-15)55(72)39(7)83-49)86-58-51(70)46(26-35(3)82-58)66(12)24-23-44-31-67(65-63-44)47(30-62)53(77-14)42-20-18-41(19-21-42)43-22-25-68(75)45(27-43)32-80-40(8)69/h18-22,25,27,31,34-39,46-49,51-56,58,70-72,74H,17,23-24,26,28-30,32-33H2,1-16H3/b64-50+/t34-,35-,36+,37+,38-,39+,46+,47-,48-,49+,51-,52+,53-,54-,55+,56-,58+,59-,60-,61-/m1/s1. The predicted octanol–water partition coefficient (Wildman–Crippen LogP) is 5.31. The van der Waals surface area contributed by atoms with E-state index < -0.39 is 139 Å². The number of benzene rings is 1. The lowest BCUT2D eigenvalue weighted by Gasteiger charge is -2.50. The second-order valence-corrected chi connectivity index (χ2v) is 24.3. The number of nitrogens with zero attached hydrogens (tertiary/aromatic N) is 6. The molecule has 3 aliphatic heterocycles. The molecule has 0 bridgehead atoms. The van der Waals surface area contributed by atoms with Crippen LogP contribution in [0, 0.1) is 28.9 Å². The van der Waals surface area contributed by atoms with E-state index in [4.69, 9.17) is 52.2 Å². The van der Waals surface area contributed by atoms with Crippen molar-refractivity contribution in [3.8, 4) is 11.1 Å². The Bertz CT molecular complexity index is 2670. The quantitative estimate of drug-likeness (QED) is 0.0247. The molecule has 6 rings (SSSR count). The van der Waals surface area contributed by atoms with E-state index in [0.29, 0.717) is 46.6 Å². The third kappa shape index (κ3) is 16.3. The topological polar surface area (TPSA) is 290 Å². The minimum atomic E-state index is -1.99. The summed E-state index contributed by atoms with van der Waals surface area (Å²) in [7, 11) is 7.83. The first-order chi connectivity index (χ1) is 40.6. The summed E-state index contributed by atoms with van der Waals surface area (Å²) in [5.74, 6) is -4.60. The number of oxime groups is 1. The molecule has 0 radical (unpaired) electrons. The molecule has 0 unspecified atom stereocenters. The van der Waals surface area contributed by atoms with Crippen LogP contribution in [-0.2, 0) is 74.8 Å². The maximum Gasteiger partial charge on any atom is 0.311 e. The molecule has 3 aromatic rings. The van der Waals surface area contributed by atoms with Crippen molar-refractivity contribution in [3.63, 3.8) is 0 Å². The molecule has 2 aromatic heterocycles. The number of methoxy groups -OCH3 is 4. The van der Waals surface area contributed by atoms with Gasteiger partial charge in [-0.05, 0) is 84.5 Å². The molecule has 1 aromatic carbocycles. The summed E-state index contributed by atoms with van der Waals surface area (Å²) in [6, 6.07) is 9.15. The van der Waals surface area contributed by atoms with Crippen molar-refractivity contribution in [2.75, 3.05) is 55.5 Å². The number of rotatable bonds is 22. The number of carbonyl (C=O) groups is 2. The number of ether oxygens (including phenoxy) is 10. The average molecular weight is 1220 g/mol. The van der Waals surface area contributed by atoms with Crippen LogP contribution in [0.5, 0.6) is 0 Å². The van der Waals surface area contributed by atoms with Crippen LogP contribution >= 0.6 is 0 Å². The zero-order valence-electron chi connectivity index (χ0n) is 52.9. The largest absolute Gasteiger partial charge is 0.618 e. The summed E-state index contributed by atoms with van der Waals surface area (Å²) < 4.78 is 78.8. The van der Waals surface area contributed by atoms with Gasteiger partial charge in [-0.25, -0.2) is 9.07 Å². The van der Waals surface area contributed by atoms with Crippen molar-refractivity contribution in [1.82, 2.24) is 19.9 Å². The normalized spacial score (nSPS) is 35.4. The minimum Gasteiger partial charge on any atom is -0.618 e. The zero-order valence-corrected chi connectivity index (χ0v) is 52.9. The first-order valence-corrected chi connectivity index (χ1v) is 29.6. The Morgan fingerprint density at radius 3 is 2.26 bits per heavy atom. The van der Waals surface area contributed by atoms with Gasteiger partial charge >= 0.3 is 11.9 Å². The molecule has 5 heterocycles. The second kappa shape index (κ2) is 30.6. The molecule has 86 heavy (non-hydrogen) atoms. The summed E-state index contributed by atoms with van der Waals surface area (Å²) >= 11 is 0. The first kappa shape index (κ1) is 70.2. The van der Waals surface area contributed by atoms with E-state index in [9.17, 15) is 35.2 Å². The SMILES string of the molecule is CC[C@H]1OC(=O)[C@H](C)[C@@H](O[C@H]2C[C@@](C)(OC)[C@@H](O)[C@H](C)O2)[C@H](C)[C@@H](O[C@@H]2O[C@H](C)C[C@H](N(C)CCc3cn([C@H](CF)[C@H](OC)c4ccc(-c5cc[n+]([O-])c(COC(C)=O)c5)cc4)nn3)[C@H]2O)[C@](C)(OC)C[C@@H](C)/C(=N\OCOC)[C@H](C)[C@@H](O)[C@]1(C)O. The van der Waals surface area contributed by atoms with E-state index in [1.165, 1.54) is 53.2 Å². The van der Waals surface area contributed by atoms with Gasteiger partial charge in [-0.15, -0.1) is 5.10 Å². The minimum absolute atomic E-state index is 0.0683. The molecule has 24 nitrogen and oxygen atoms in total. The van der Waals surface area contributed by atoms with Crippen LogP contribution in [0.25, 0.3) is 11.1 Å². The van der Waals surface area contributed by atoms with Gasteiger partial charge in [-0.3, -0.25) is 9.59 Å². The fourth-order valence-corrected chi connectivity index (χ4v) is 12.6. The smallest absolute Gasteiger partial charge is 0.311 e. The lowest BCUT2D eigenvalue weighted by atomic mass is 9.73.